The standard InChI is InChI=1S/C17H22N4/c1-3-6-15-16(18-2)19-11-20-17(15)21-14-9-12-7-4-5-8-13(12)10-14/h4-5,7-8,11,14H,3,6,9-10H2,1-2H3,(H2,18,19,20,21). The third-order valence-electron chi connectivity index (χ3n) is 4.07. The number of hydrogen-bond acceptors (Lipinski definition) is 4. The molecule has 0 aliphatic heterocycles. The van der Waals surface area contributed by atoms with E-state index in [-0.39, 0.29) is 0 Å². The maximum Gasteiger partial charge on any atom is 0.134 e. The fraction of sp³-hybridized carbons (Fsp3) is 0.412. The van der Waals surface area contributed by atoms with E-state index in [2.05, 4.69) is 51.8 Å². The van der Waals surface area contributed by atoms with Crippen LogP contribution in [0.5, 0.6) is 0 Å². The number of hydrogen-bond donors (Lipinski definition) is 2. The summed E-state index contributed by atoms with van der Waals surface area (Å²) in [6.07, 6.45) is 5.84. The largest absolute Gasteiger partial charge is 0.373 e. The zero-order valence-corrected chi connectivity index (χ0v) is 12.7. The lowest BCUT2D eigenvalue weighted by atomic mass is 10.1. The van der Waals surface area contributed by atoms with Gasteiger partial charge in [-0.3, -0.25) is 0 Å². The second-order valence-corrected chi connectivity index (χ2v) is 5.57. The normalized spacial score (nSPS) is 14.0. The van der Waals surface area contributed by atoms with Crippen molar-refractivity contribution in [2.75, 3.05) is 17.7 Å². The van der Waals surface area contributed by atoms with Crippen molar-refractivity contribution in [2.24, 2.45) is 0 Å². The van der Waals surface area contributed by atoms with E-state index in [1.807, 2.05) is 7.05 Å². The highest BCUT2D eigenvalue weighted by molar-refractivity contribution is 5.58. The monoisotopic (exact) mass is 282 g/mol. The Balaban J connectivity index is 1.80. The van der Waals surface area contributed by atoms with Crippen LogP contribution in [0.3, 0.4) is 0 Å². The van der Waals surface area contributed by atoms with Gasteiger partial charge in [0.25, 0.3) is 0 Å². The third kappa shape index (κ3) is 2.84. The van der Waals surface area contributed by atoms with E-state index in [4.69, 9.17) is 0 Å². The third-order valence-corrected chi connectivity index (χ3v) is 4.07. The highest BCUT2D eigenvalue weighted by Crippen LogP contribution is 2.27. The molecule has 0 saturated heterocycles. The number of anilines is 2. The van der Waals surface area contributed by atoms with Gasteiger partial charge in [-0.1, -0.05) is 37.6 Å². The Hall–Kier alpha value is -2.10. The molecule has 1 aliphatic rings. The lowest BCUT2D eigenvalue weighted by molar-refractivity contribution is 0.762. The molecule has 4 nitrogen and oxygen atoms in total. The minimum atomic E-state index is 0.428. The van der Waals surface area contributed by atoms with Crippen molar-refractivity contribution in [1.29, 1.82) is 0 Å². The predicted molar refractivity (Wildman–Crippen MR) is 86.8 cm³/mol. The van der Waals surface area contributed by atoms with Crippen molar-refractivity contribution in [2.45, 2.75) is 38.6 Å². The molecule has 1 aromatic heterocycles. The maximum absolute atomic E-state index is 4.47. The molecule has 0 bridgehead atoms. The summed E-state index contributed by atoms with van der Waals surface area (Å²) < 4.78 is 0. The molecule has 3 rings (SSSR count). The Morgan fingerprint density at radius 1 is 1.10 bits per heavy atom. The van der Waals surface area contributed by atoms with E-state index in [1.54, 1.807) is 6.33 Å². The molecule has 2 N–H and O–H groups in total. The lowest BCUT2D eigenvalue weighted by Crippen LogP contribution is -2.22. The van der Waals surface area contributed by atoms with E-state index in [1.165, 1.54) is 16.7 Å². The Bertz CT molecular complexity index is 599. The molecule has 0 saturated carbocycles. The van der Waals surface area contributed by atoms with Gasteiger partial charge in [0.15, 0.2) is 0 Å². The number of aromatic nitrogens is 2. The van der Waals surface area contributed by atoms with Gasteiger partial charge in [0.05, 0.1) is 0 Å². The van der Waals surface area contributed by atoms with Gasteiger partial charge in [0.2, 0.25) is 0 Å². The summed E-state index contributed by atoms with van der Waals surface area (Å²) in [5.74, 6) is 1.92. The summed E-state index contributed by atoms with van der Waals surface area (Å²) in [6, 6.07) is 9.12. The molecule has 2 aromatic rings. The molecule has 0 radical (unpaired) electrons. The Kier molecular flexibility index (Phi) is 4.04. The second kappa shape index (κ2) is 6.12. The minimum absolute atomic E-state index is 0.428. The van der Waals surface area contributed by atoms with Crippen molar-refractivity contribution in [3.8, 4) is 0 Å². The van der Waals surface area contributed by atoms with Crippen LogP contribution in [0.2, 0.25) is 0 Å². The van der Waals surface area contributed by atoms with E-state index < -0.39 is 0 Å². The molecule has 0 unspecified atom stereocenters. The van der Waals surface area contributed by atoms with E-state index in [0.717, 1.165) is 37.3 Å². The Morgan fingerprint density at radius 3 is 2.38 bits per heavy atom. The minimum Gasteiger partial charge on any atom is -0.373 e. The van der Waals surface area contributed by atoms with Gasteiger partial charge in [0.1, 0.15) is 18.0 Å². The van der Waals surface area contributed by atoms with E-state index in [0.29, 0.717) is 6.04 Å². The molecule has 1 heterocycles. The first-order valence-electron chi connectivity index (χ1n) is 7.66. The average molecular weight is 282 g/mol. The summed E-state index contributed by atoms with van der Waals surface area (Å²) in [5, 5.41) is 6.80. The van der Waals surface area contributed by atoms with E-state index in [9.17, 15) is 0 Å². The van der Waals surface area contributed by atoms with Crippen LogP contribution in [0.4, 0.5) is 11.6 Å². The first-order chi connectivity index (χ1) is 10.3. The zero-order chi connectivity index (χ0) is 14.7. The van der Waals surface area contributed by atoms with Crippen molar-refractivity contribution < 1.29 is 0 Å². The number of fused-ring (bicyclic) bond motifs is 1. The summed E-state index contributed by atoms with van der Waals surface area (Å²) in [5.41, 5.74) is 4.10. The quantitative estimate of drug-likeness (QED) is 0.885. The zero-order valence-electron chi connectivity index (χ0n) is 12.7. The van der Waals surface area contributed by atoms with Crippen LogP contribution in [0.15, 0.2) is 30.6 Å². The van der Waals surface area contributed by atoms with E-state index >= 15 is 0 Å². The summed E-state index contributed by atoms with van der Waals surface area (Å²) in [4.78, 5) is 8.80. The average Bonchev–Trinajstić information content (AvgIpc) is 2.91. The Morgan fingerprint density at radius 2 is 1.76 bits per heavy atom. The van der Waals surface area contributed by atoms with Gasteiger partial charge < -0.3 is 10.6 Å². The van der Waals surface area contributed by atoms with Crippen LogP contribution in [0.1, 0.15) is 30.0 Å². The molecule has 0 spiro atoms. The van der Waals surface area contributed by atoms with Crippen LogP contribution in [0, 0.1) is 0 Å². The lowest BCUT2D eigenvalue weighted by Gasteiger charge is -2.17. The summed E-state index contributed by atoms with van der Waals surface area (Å²) in [7, 11) is 1.91. The molecule has 0 atom stereocenters. The van der Waals surface area contributed by atoms with Gasteiger partial charge in [-0.05, 0) is 30.4 Å². The fourth-order valence-corrected chi connectivity index (χ4v) is 3.09. The van der Waals surface area contributed by atoms with Gasteiger partial charge in [-0.25, -0.2) is 9.97 Å². The molecule has 110 valence electrons. The predicted octanol–water partition coefficient (Wildman–Crippen LogP) is 3.05. The summed E-state index contributed by atoms with van der Waals surface area (Å²) >= 11 is 0. The van der Waals surface area contributed by atoms with Crippen molar-refractivity contribution in [3.63, 3.8) is 0 Å². The number of benzene rings is 1. The van der Waals surface area contributed by atoms with Gasteiger partial charge >= 0.3 is 0 Å². The Labute approximate surface area is 126 Å². The maximum atomic E-state index is 4.47. The number of nitrogens with zero attached hydrogens (tertiary/aromatic N) is 2. The van der Waals surface area contributed by atoms with Crippen LogP contribution >= 0.6 is 0 Å². The first kappa shape index (κ1) is 13.9. The summed E-state index contributed by atoms with van der Waals surface area (Å²) in [6.45, 7) is 2.18. The van der Waals surface area contributed by atoms with Crippen LogP contribution in [-0.2, 0) is 19.3 Å². The smallest absolute Gasteiger partial charge is 0.134 e. The number of rotatable bonds is 5. The topological polar surface area (TPSA) is 49.8 Å². The first-order valence-corrected chi connectivity index (χ1v) is 7.66. The van der Waals surface area contributed by atoms with Crippen molar-refractivity contribution >= 4 is 11.6 Å². The molecule has 1 aliphatic carbocycles. The van der Waals surface area contributed by atoms with Crippen LogP contribution in [0.25, 0.3) is 0 Å². The molecule has 0 amide bonds. The molecule has 1 aromatic carbocycles. The molecule has 21 heavy (non-hydrogen) atoms. The van der Waals surface area contributed by atoms with Crippen LogP contribution in [-0.4, -0.2) is 23.1 Å². The van der Waals surface area contributed by atoms with Crippen molar-refractivity contribution in [3.05, 3.63) is 47.3 Å². The highest BCUT2D eigenvalue weighted by Gasteiger charge is 2.22. The van der Waals surface area contributed by atoms with Gasteiger partial charge in [-0.15, -0.1) is 0 Å². The SMILES string of the molecule is CCCc1c(NC)ncnc1NC1Cc2ccccc2C1. The molecular formula is C17H22N4. The second-order valence-electron chi connectivity index (χ2n) is 5.57. The molecule has 4 heteroatoms. The van der Waals surface area contributed by atoms with Crippen LogP contribution < -0.4 is 10.6 Å². The fourth-order valence-electron chi connectivity index (χ4n) is 3.09. The van der Waals surface area contributed by atoms with Crippen molar-refractivity contribution in [1.82, 2.24) is 9.97 Å². The molecular weight excluding hydrogens is 260 g/mol. The highest BCUT2D eigenvalue weighted by atomic mass is 15.1. The van der Waals surface area contributed by atoms with Gasteiger partial charge in [-0.2, -0.15) is 0 Å². The molecule has 0 fully saturated rings. The van der Waals surface area contributed by atoms with Gasteiger partial charge in [0, 0.05) is 18.7 Å². The number of nitrogens with one attached hydrogen (secondary N) is 2.